The summed E-state index contributed by atoms with van der Waals surface area (Å²) in [5.74, 6) is -0.715. The Balaban J connectivity index is 1.93. The summed E-state index contributed by atoms with van der Waals surface area (Å²) in [6.45, 7) is 2.65. The van der Waals surface area contributed by atoms with Crippen molar-refractivity contribution in [2.24, 2.45) is 0 Å². The number of fused-ring (bicyclic) bond motifs is 1. The Hall–Kier alpha value is -2.24. The molecule has 1 N–H and O–H groups in total. The Bertz CT molecular complexity index is 629. The zero-order valence-electron chi connectivity index (χ0n) is 11.4. The molecule has 6 heteroatoms. The largest absolute Gasteiger partial charge is 0.453 e. The van der Waals surface area contributed by atoms with Crippen LogP contribution in [-0.4, -0.2) is 17.4 Å². The summed E-state index contributed by atoms with van der Waals surface area (Å²) >= 11 is 0. The number of carbonyl (C=O) groups excluding carboxylic acids is 1. The van der Waals surface area contributed by atoms with Crippen molar-refractivity contribution in [1.29, 1.82) is 0 Å². The van der Waals surface area contributed by atoms with E-state index in [1.165, 1.54) is 0 Å². The molecule has 6 nitrogen and oxygen atoms in total. The lowest BCUT2D eigenvalue weighted by Gasteiger charge is -2.05. The number of rotatable bonds is 6. The van der Waals surface area contributed by atoms with Gasteiger partial charge in [0.15, 0.2) is 5.58 Å². The fourth-order valence-corrected chi connectivity index (χ4v) is 1.89. The second-order valence-corrected chi connectivity index (χ2v) is 4.50. The Kier molecular flexibility index (Phi) is 4.81. The molecule has 2 aromatic rings. The van der Waals surface area contributed by atoms with Gasteiger partial charge in [0.05, 0.1) is 0 Å². The second-order valence-electron chi connectivity index (χ2n) is 4.50. The number of amides is 1. The molecule has 0 radical (unpaired) electrons. The molecular formula is C14H18N2O4. The monoisotopic (exact) mass is 278 g/mol. The zero-order valence-corrected chi connectivity index (χ0v) is 11.4. The molecule has 108 valence electrons. The number of nitrogens with one attached hydrogen (secondary N) is 1. The molecule has 2 rings (SSSR count). The van der Waals surface area contributed by atoms with Gasteiger partial charge in [-0.05, 0) is 18.6 Å². The Morgan fingerprint density at radius 1 is 1.30 bits per heavy atom. The van der Waals surface area contributed by atoms with Crippen LogP contribution in [0.1, 0.15) is 32.6 Å². The van der Waals surface area contributed by atoms with E-state index in [1.807, 2.05) is 0 Å². The van der Waals surface area contributed by atoms with Gasteiger partial charge in [0.25, 0.3) is 0 Å². The molecule has 0 atom stereocenters. The molecule has 0 aliphatic carbocycles. The second kappa shape index (κ2) is 6.79. The number of oxazole rings is 1. The van der Waals surface area contributed by atoms with E-state index >= 15 is 0 Å². The predicted molar refractivity (Wildman–Crippen MR) is 74.6 cm³/mol. The van der Waals surface area contributed by atoms with E-state index in [4.69, 9.17) is 9.25 Å². The number of nitrogens with zero attached hydrogens (tertiary/aromatic N) is 1. The third-order valence-corrected chi connectivity index (χ3v) is 2.92. The van der Waals surface area contributed by atoms with Crippen molar-refractivity contribution in [1.82, 2.24) is 10.0 Å². The molecule has 1 amide bonds. The average molecular weight is 278 g/mol. The van der Waals surface area contributed by atoms with Gasteiger partial charge in [0, 0.05) is 6.54 Å². The Morgan fingerprint density at radius 3 is 2.90 bits per heavy atom. The minimum atomic E-state index is -0.715. The van der Waals surface area contributed by atoms with Crippen molar-refractivity contribution in [2.45, 2.75) is 32.6 Å². The van der Waals surface area contributed by atoms with E-state index in [0.717, 1.165) is 30.4 Å². The first-order chi connectivity index (χ1) is 9.72. The molecule has 0 saturated heterocycles. The van der Waals surface area contributed by atoms with Crippen molar-refractivity contribution in [3.05, 3.63) is 34.8 Å². The van der Waals surface area contributed by atoms with E-state index in [1.54, 1.807) is 24.3 Å². The summed E-state index contributed by atoms with van der Waals surface area (Å²) in [5, 5.41) is 2.61. The van der Waals surface area contributed by atoms with E-state index in [9.17, 15) is 9.59 Å². The highest BCUT2D eigenvalue weighted by Crippen LogP contribution is 2.10. The molecule has 1 aromatic carbocycles. The van der Waals surface area contributed by atoms with Crippen LogP contribution in [0.4, 0.5) is 4.79 Å². The third-order valence-electron chi connectivity index (χ3n) is 2.92. The molecule has 0 aliphatic heterocycles. The molecule has 0 saturated carbocycles. The number of aromatic nitrogens is 1. The normalized spacial score (nSPS) is 10.7. The number of benzene rings is 1. The lowest BCUT2D eigenvalue weighted by atomic mass is 10.2. The van der Waals surface area contributed by atoms with Gasteiger partial charge in [0.2, 0.25) is 0 Å². The van der Waals surface area contributed by atoms with Crippen molar-refractivity contribution in [2.75, 3.05) is 6.54 Å². The van der Waals surface area contributed by atoms with Gasteiger partial charge < -0.3 is 14.6 Å². The van der Waals surface area contributed by atoms with E-state index < -0.39 is 11.8 Å². The van der Waals surface area contributed by atoms with Crippen molar-refractivity contribution in [3.63, 3.8) is 0 Å². The Labute approximate surface area is 116 Å². The minimum Gasteiger partial charge on any atom is -0.405 e. The third kappa shape index (κ3) is 3.40. The van der Waals surface area contributed by atoms with Gasteiger partial charge in [-0.15, -0.1) is 0 Å². The molecule has 0 fully saturated rings. The first kappa shape index (κ1) is 14.2. The number of para-hydroxylation sites is 2. The van der Waals surface area contributed by atoms with Gasteiger partial charge in [-0.1, -0.05) is 43.0 Å². The Morgan fingerprint density at radius 2 is 2.10 bits per heavy atom. The number of carbonyl (C=O) groups is 1. The highest BCUT2D eigenvalue weighted by atomic mass is 16.7. The van der Waals surface area contributed by atoms with E-state index in [0.29, 0.717) is 17.6 Å². The quantitative estimate of drug-likeness (QED) is 0.823. The fourth-order valence-electron chi connectivity index (χ4n) is 1.89. The highest BCUT2D eigenvalue weighted by Gasteiger charge is 2.12. The number of hydrogen-bond acceptors (Lipinski definition) is 4. The first-order valence-electron chi connectivity index (χ1n) is 6.79. The van der Waals surface area contributed by atoms with Crippen LogP contribution in [0.2, 0.25) is 0 Å². The molecule has 1 aromatic heterocycles. The standard InChI is InChI=1S/C14H18N2O4/c1-2-3-4-7-10-15-13(17)20-16-11-8-5-6-9-12(11)19-14(16)18/h5-6,8-9H,2-4,7,10H2,1H3,(H,15,17). The topological polar surface area (TPSA) is 73.5 Å². The van der Waals surface area contributed by atoms with Crippen molar-refractivity contribution < 1.29 is 14.0 Å². The van der Waals surface area contributed by atoms with Crippen LogP contribution in [0.3, 0.4) is 0 Å². The summed E-state index contributed by atoms with van der Waals surface area (Å²) in [4.78, 5) is 28.2. The maximum absolute atomic E-state index is 11.6. The lowest BCUT2D eigenvalue weighted by molar-refractivity contribution is 0.128. The number of hydrogen-bond donors (Lipinski definition) is 1. The van der Waals surface area contributed by atoms with Gasteiger partial charge >= 0.3 is 11.8 Å². The van der Waals surface area contributed by atoms with Gasteiger partial charge in [0.1, 0.15) is 5.52 Å². The molecule has 1 heterocycles. The summed E-state index contributed by atoms with van der Waals surface area (Å²) in [5.41, 5.74) is 0.812. The van der Waals surface area contributed by atoms with Gasteiger partial charge in [-0.3, -0.25) is 0 Å². The maximum Gasteiger partial charge on any atom is 0.453 e. The SMILES string of the molecule is CCCCCCNC(=O)On1c(=O)oc2ccccc21. The van der Waals surface area contributed by atoms with E-state index in [-0.39, 0.29) is 0 Å². The predicted octanol–water partition coefficient (Wildman–Crippen LogP) is 2.31. The van der Waals surface area contributed by atoms with Crippen LogP contribution < -0.4 is 15.9 Å². The van der Waals surface area contributed by atoms with Crippen molar-refractivity contribution in [3.8, 4) is 0 Å². The molecule has 0 spiro atoms. The van der Waals surface area contributed by atoms with E-state index in [2.05, 4.69) is 12.2 Å². The fraction of sp³-hybridized carbons (Fsp3) is 0.429. The molecule has 20 heavy (non-hydrogen) atoms. The van der Waals surface area contributed by atoms with Crippen LogP contribution in [0.25, 0.3) is 11.1 Å². The summed E-state index contributed by atoms with van der Waals surface area (Å²) in [6.07, 6.45) is 3.58. The number of unbranched alkanes of at least 4 members (excludes halogenated alkanes) is 3. The zero-order chi connectivity index (χ0) is 14.4. The summed E-state index contributed by atoms with van der Waals surface area (Å²) in [6, 6.07) is 6.76. The highest BCUT2D eigenvalue weighted by molar-refractivity contribution is 5.74. The summed E-state index contributed by atoms with van der Waals surface area (Å²) in [7, 11) is 0. The van der Waals surface area contributed by atoms with Crippen LogP contribution >= 0.6 is 0 Å². The average Bonchev–Trinajstić information content (AvgIpc) is 2.75. The first-order valence-corrected chi connectivity index (χ1v) is 6.79. The van der Waals surface area contributed by atoms with Crippen LogP contribution in [-0.2, 0) is 0 Å². The van der Waals surface area contributed by atoms with Crippen LogP contribution in [0.15, 0.2) is 33.5 Å². The van der Waals surface area contributed by atoms with Gasteiger partial charge in [-0.2, -0.15) is 0 Å². The molecule has 0 aliphatic rings. The van der Waals surface area contributed by atoms with Crippen molar-refractivity contribution >= 4 is 17.2 Å². The lowest BCUT2D eigenvalue weighted by Crippen LogP contribution is -2.36. The van der Waals surface area contributed by atoms with Crippen LogP contribution in [0.5, 0.6) is 0 Å². The molecule has 0 unspecified atom stereocenters. The molecule has 0 bridgehead atoms. The summed E-state index contributed by atoms with van der Waals surface area (Å²) < 4.78 is 5.82. The molecular weight excluding hydrogens is 260 g/mol. The smallest absolute Gasteiger partial charge is 0.405 e. The van der Waals surface area contributed by atoms with Gasteiger partial charge in [-0.25, -0.2) is 9.59 Å². The van der Waals surface area contributed by atoms with Crippen LogP contribution in [0, 0.1) is 0 Å². The maximum atomic E-state index is 11.6. The minimum absolute atomic E-state index is 0.383.